The van der Waals surface area contributed by atoms with Crippen LogP contribution in [0.25, 0.3) is 16.0 Å². The first-order valence-corrected chi connectivity index (χ1v) is 13.0. The van der Waals surface area contributed by atoms with Gasteiger partial charge in [0.05, 0.1) is 34.0 Å². The number of hydrogen-bond donors (Lipinski definition) is 1. The fourth-order valence-electron chi connectivity index (χ4n) is 4.55. The van der Waals surface area contributed by atoms with Gasteiger partial charge in [-0.1, -0.05) is 72.7 Å². The number of methoxy groups -OCH3 is 1. The highest BCUT2D eigenvalue weighted by Gasteiger charge is 2.48. The van der Waals surface area contributed by atoms with Crippen LogP contribution in [0.2, 0.25) is 5.02 Å². The van der Waals surface area contributed by atoms with E-state index in [0.717, 1.165) is 21.3 Å². The van der Waals surface area contributed by atoms with Crippen molar-refractivity contribution in [2.45, 2.75) is 32.7 Å². The van der Waals surface area contributed by atoms with Crippen molar-refractivity contribution in [2.75, 3.05) is 12.0 Å². The van der Waals surface area contributed by atoms with Crippen LogP contribution in [0.15, 0.2) is 66.2 Å². The lowest BCUT2D eigenvalue weighted by atomic mass is 9.94. The molecule has 4 aromatic rings. The second kappa shape index (κ2) is 9.65. The molecular weight excluding hydrogens is 508 g/mol. The molecule has 1 aliphatic heterocycles. The molecule has 1 unspecified atom stereocenters. The van der Waals surface area contributed by atoms with Crippen LogP contribution in [0.5, 0.6) is 5.75 Å². The second-order valence-corrected chi connectivity index (χ2v) is 10.7. The summed E-state index contributed by atoms with van der Waals surface area (Å²) in [6.07, 6.45) is 0. The Morgan fingerprint density at radius 2 is 1.89 bits per heavy atom. The van der Waals surface area contributed by atoms with Gasteiger partial charge in [-0.25, -0.2) is 4.98 Å². The van der Waals surface area contributed by atoms with Crippen molar-refractivity contribution in [3.63, 3.8) is 0 Å². The highest BCUT2D eigenvalue weighted by Crippen LogP contribution is 2.45. The van der Waals surface area contributed by atoms with Crippen LogP contribution in [0.4, 0.5) is 5.13 Å². The van der Waals surface area contributed by atoms with Crippen molar-refractivity contribution in [1.29, 1.82) is 0 Å². The molecule has 37 heavy (non-hydrogen) atoms. The van der Waals surface area contributed by atoms with E-state index in [0.29, 0.717) is 27.9 Å². The number of aliphatic hydroxyl groups excluding tert-OH is 1. The number of ether oxygens (including phenoxy) is 1. The van der Waals surface area contributed by atoms with E-state index >= 15 is 0 Å². The first-order valence-electron chi connectivity index (χ1n) is 11.8. The molecule has 0 aliphatic carbocycles. The first-order chi connectivity index (χ1) is 17.7. The van der Waals surface area contributed by atoms with Crippen molar-refractivity contribution >= 4 is 55.7 Å². The molecule has 1 aromatic heterocycles. The van der Waals surface area contributed by atoms with E-state index in [4.69, 9.17) is 21.3 Å². The SMILES string of the molecule is COc1ccc(/C(O)=C2\C(=O)C(=O)N(c3nc4ccc(C(C)C)cc4s3)C2c2cccc(C)c2)cc1Cl. The molecule has 0 bridgehead atoms. The van der Waals surface area contributed by atoms with E-state index < -0.39 is 17.7 Å². The van der Waals surface area contributed by atoms with Gasteiger partial charge in [0.25, 0.3) is 5.78 Å². The predicted octanol–water partition coefficient (Wildman–Crippen LogP) is 7.02. The van der Waals surface area contributed by atoms with Crippen LogP contribution in [0.1, 0.15) is 48.1 Å². The zero-order valence-electron chi connectivity index (χ0n) is 20.8. The summed E-state index contributed by atoms with van der Waals surface area (Å²) in [4.78, 5) is 33.0. The van der Waals surface area contributed by atoms with Gasteiger partial charge < -0.3 is 9.84 Å². The predicted molar refractivity (Wildman–Crippen MR) is 148 cm³/mol. The molecule has 8 heteroatoms. The summed E-state index contributed by atoms with van der Waals surface area (Å²) < 4.78 is 6.13. The van der Waals surface area contributed by atoms with Crippen LogP contribution >= 0.6 is 22.9 Å². The van der Waals surface area contributed by atoms with Crippen molar-refractivity contribution < 1.29 is 19.4 Å². The Kier molecular flexibility index (Phi) is 6.52. The summed E-state index contributed by atoms with van der Waals surface area (Å²) in [7, 11) is 1.49. The van der Waals surface area contributed by atoms with Crippen LogP contribution in [-0.4, -0.2) is 28.9 Å². The summed E-state index contributed by atoms with van der Waals surface area (Å²) in [5.41, 5.74) is 3.86. The Morgan fingerprint density at radius 3 is 2.57 bits per heavy atom. The van der Waals surface area contributed by atoms with Crippen molar-refractivity contribution in [3.8, 4) is 5.75 Å². The monoisotopic (exact) mass is 532 g/mol. The molecule has 1 amide bonds. The smallest absolute Gasteiger partial charge is 0.301 e. The number of aryl methyl sites for hydroxylation is 1. The fourth-order valence-corrected chi connectivity index (χ4v) is 5.84. The number of Topliss-reactive ketones (excluding diaryl/α,β-unsaturated/α-hetero) is 1. The van der Waals surface area contributed by atoms with Gasteiger partial charge in [0.15, 0.2) is 5.13 Å². The molecule has 1 fully saturated rings. The molecule has 0 spiro atoms. The normalized spacial score (nSPS) is 17.2. The zero-order valence-corrected chi connectivity index (χ0v) is 22.4. The molecule has 2 heterocycles. The van der Waals surface area contributed by atoms with Gasteiger partial charge in [-0.05, 0) is 54.3 Å². The third kappa shape index (κ3) is 4.38. The van der Waals surface area contributed by atoms with Crippen molar-refractivity contribution in [1.82, 2.24) is 4.98 Å². The van der Waals surface area contributed by atoms with E-state index in [1.807, 2.05) is 43.3 Å². The number of nitrogens with zero attached hydrogens (tertiary/aromatic N) is 2. The molecule has 188 valence electrons. The Morgan fingerprint density at radius 1 is 1.11 bits per heavy atom. The summed E-state index contributed by atoms with van der Waals surface area (Å²) in [6.45, 7) is 6.17. The lowest BCUT2D eigenvalue weighted by molar-refractivity contribution is -0.132. The maximum atomic E-state index is 13.5. The number of anilines is 1. The van der Waals surface area contributed by atoms with Crippen LogP contribution in [0, 0.1) is 6.92 Å². The largest absolute Gasteiger partial charge is 0.507 e. The topological polar surface area (TPSA) is 79.7 Å². The molecule has 0 saturated carbocycles. The standard InChI is InChI=1S/C29H25ClN2O4S/c1-15(2)17-8-10-21-23(14-17)37-29(31-21)32-25(18-7-5-6-16(3)12-18)24(27(34)28(32)35)26(33)19-9-11-22(36-4)20(30)13-19/h5-15,25,33H,1-4H3/b26-24+. The van der Waals surface area contributed by atoms with Gasteiger partial charge in [0.2, 0.25) is 0 Å². The number of halogens is 1. The highest BCUT2D eigenvalue weighted by molar-refractivity contribution is 7.22. The third-order valence-electron chi connectivity index (χ3n) is 6.50. The quantitative estimate of drug-likeness (QED) is 0.170. The minimum Gasteiger partial charge on any atom is -0.507 e. The maximum absolute atomic E-state index is 13.5. The molecule has 1 atom stereocenters. The molecule has 3 aromatic carbocycles. The highest BCUT2D eigenvalue weighted by atomic mass is 35.5. The first kappa shape index (κ1) is 25.0. The lowest BCUT2D eigenvalue weighted by Gasteiger charge is -2.23. The molecule has 0 radical (unpaired) electrons. The Balaban J connectivity index is 1.71. The zero-order chi connectivity index (χ0) is 26.4. The number of ketones is 1. The van der Waals surface area contributed by atoms with Crippen molar-refractivity contribution in [2.24, 2.45) is 0 Å². The third-order valence-corrected chi connectivity index (χ3v) is 7.81. The van der Waals surface area contributed by atoms with E-state index in [2.05, 4.69) is 19.9 Å². The van der Waals surface area contributed by atoms with Gasteiger partial charge >= 0.3 is 5.91 Å². The van der Waals surface area contributed by atoms with Crippen LogP contribution in [0.3, 0.4) is 0 Å². The van der Waals surface area contributed by atoms with Gasteiger partial charge in [0, 0.05) is 5.56 Å². The molecule has 1 aliphatic rings. The second-order valence-electron chi connectivity index (χ2n) is 9.31. The van der Waals surface area contributed by atoms with Crippen LogP contribution in [-0.2, 0) is 9.59 Å². The number of aliphatic hydroxyl groups is 1. The summed E-state index contributed by atoms with van der Waals surface area (Å²) in [5.74, 6) is -1.05. The molecule has 6 nitrogen and oxygen atoms in total. The fraction of sp³-hybridized carbons (Fsp3) is 0.207. The number of hydrogen-bond acceptors (Lipinski definition) is 6. The average Bonchev–Trinajstić information content (AvgIpc) is 3.41. The van der Waals surface area contributed by atoms with Gasteiger partial charge in [-0.3, -0.25) is 14.5 Å². The lowest BCUT2D eigenvalue weighted by Crippen LogP contribution is -2.29. The van der Waals surface area contributed by atoms with E-state index in [1.165, 1.54) is 29.4 Å². The average molecular weight is 533 g/mol. The molecule has 5 rings (SSSR count). The van der Waals surface area contributed by atoms with Gasteiger partial charge in [-0.15, -0.1) is 0 Å². The van der Waals surface area contributed by atoms with Gasteiger partial charge in [-0.2, -0.15) is 0 Å². The van der Waals surface area contributed by atoms with E-state index in [1.54, 1.807) is 12.1 Å². The summed E-state index contributed by atoms with van der Waals surface area (Å²) >= 11 is 7.65. The number of fused-ring (bicyclic) bond motifs is 1. The number of benzene rings is 3. The Labute approximate surface area is 223 Å². The minimum atomic E-state index is -0.856. The van der Waals surface area contributed by atoms with Crippen LogP contribution < -0.4 is 9.64 Å². The number of aromatic nitrogens is 1. The summed E-state index contributed by atoms with van der Waals surface area (Å²) in [5, 5.41) is 12.0. The number of thiazole rings is 1. The number of carbonyl (C=O) groups excluding carboxylic acids is 2. The number of carbonyl (C=O) groups is 2. The summed E-state index contributed by atoms with van der Waals surface area (Å²) in [6, 6.07) is 17.4. The van der Waals surface area contributed by atoms with Crippen molar-refractivity contribution in [3.05, 3.63) is 93.5 Å². The molecular formula is C29H25ClN2O4S. The Hall–Kier alpha value is -3.68. The van der Waals surface area contributed by atoms with E-state index in [-0.39, 0.29) is 16.4 Å². The Bertz CT molecular complexity index is 1590. The molecule has 1 saturated heterocycles. The van der Waals surface area contributed by atoms with E-state index in [9.17, 15) is 14.7 Å². The maximum Gasteiger partial charge on any atom is 0.301 e. The van der Waals surface area contributed by atoms with Gasteiger partial charge in [0.1, 0.15) is 11.5 Å². The number of amides is 1. The molecule has 1 N–H and O–H groups in total. The minimum absolute atomic E-state index is 0.0149. The number of rotatable bonds is 5.